The van der Waals surface area contributed by atoms with E-state index in [9.17, 15) is 0 Å². The first kappa shape index (κ1) is 12.9. The SMILES string of the molecule is CC(CCBr)CCOc1cccc(Cl)c1. The Kier molecular flexibility index (Phi) is 6.11. The fourth-order valence-corrected chi connectivity index (χ4v) is 2.23. The number of alkyl halides is 1. The van der Waals surface area contributed by atoms with E-state index in [0.29, 0.717) is 5.92 Å². The summed E-state index contributed by atoms with van der Waals surface area (Å²) in [5.41, 5.74) is 0. The molecule has 0 N–H and O–H groups in total. The highest BCUT2D eigenvalue weighted by atomic mass is 79.9. The maximum atomic E-state index is 5.85. The van der Waals surface area contributed by atoms with Gasteiger partial charge in [0, 0.05) is 10.4 Å². The van der Waals surface area contributed by atoms with Gasteiger partial charge in [-0.05, 0) is 37.0 Å². The lowest BCUT2D eigenvalue weighted by Crippen LogP contribution is -2.04. The second-order valence-corrected chi connectivity index (χ2v) is 4.91. The fourth-order valence-electron chi connectivity index (χ4n) is 1.27. The molecule has 1 unspecified atom stereocenters. The summed E-state index contributed by atoms with van der Waals surface area (Å²) in [5, 5.41) is 1.78. The summed E-state index contributed by atoms with van der Waals surface area (Å²) in [5.74, 6) is 1.55. The Hall–Kier alpha value is -0.210. The van der Waals surface area contributed by atoms with Crippen molar-refractivity contribution in [3.05, 3.63) is 29.3 Å². The minimum Gasteiger partial charge on any atom is -0.494 e. The van der Waals surface area contributed by atoms with Gasteiger partial charge in [0.25, 0.3) is 0 Å². The molecule has 0 spiro atoms. The third-order valence-electron chi connectivity index (χ3n) is 2.28. The van der Waals surface area contributed by atoms with Crippen LogP contribution in [0.25, 0.3) is 0 Å². The number of benzene rings is 1. The lowest BCUT2D eigenvalue weighted by atomic mass is 10.1. The summed E-state index contributed by atoms with van der Waals surface area (Å²) in [7, 11) is 0. The Labute approximate surface area is 105 Å². The van der Waals surface area contributed by atoms with Crippen molar-refractivity contribution >= 4 is 27.5 Å². The van der Waals surface area contributed by atoms with Gasteiger partial charge in [0.1, 0.15) is 5.75 Å². The molecule has 0 amide bonds. The molecule has 0 heterocycles. The molecule has 1 nitrogen and oxygen atoms in total. The molecule has 0 bridgehead atoms. The maximum Gasteiger partial charge on any atom is 0.120 e. The van der Waals surface area contributed by atoms with Gasteiger partial charge in [-0.1, -0.05) is 40.5 Å². The lowest BCUT2D eigenvalue weighted by molar-refractivity contribution is 0.282. The van der Waals surface area contributed by atoms with Crippen LogP contribution >= 0.6 is 27.5 Å². The first-order valence-corrected chi connectivity index (χ1v) is 6.66. The van der Waals surface area contributed by atoms with Gasteiger partial charge in [0.2, 0.25) is 0 Å². The van der Waals surface area contributed by atoms with E-state index in [0.717, 1.165) is 29.1 Å². The standard InChI is InChI=1S/C12H16BrClO/c1-10(5-7-13)6-8-15-12-4-2-3-11(14)9-12/h2-4,9-10H,5-8H2,1H3. The molecule has 1 atom stereocenters. The summed E-state index contributed by atoms with van der Waals surface area (Å²) in [6.07, 6.45) is 2.27. The Morgan fingerprint density at radius 2 is 2.20 bits per heavy atom. The van der Waals surface area contributed by atoms with Gasteiger partial charge >= 0.3 is 0 Å². The largest absolute Gasteiger partial charge is 0.494 e. The molecule has 0 aliphatic rings. The molecule has 0 aliphatic carbocycles. The normalized spacial score (nSPS) is 12.5. The van der Waals surface area contributed by atoms with Crippen LogP contribution in [0, 0.1) is 5.92 Å². The highest BCUT2D eigenvalue weighted by Gasteiger charge is 2.01. The van der Waals surface area contributed by atoms with Gasteiger partial charge in [-0.3, -0.25) is 0 Å². The molecule has 1 aromatic rings. The zero-order valence-corrected chi connectivity index (χ0v) is 11.2. The van der Waals surface area contributed by atoms with Crippen LogP contribution < -0.4 is 4.74 Å². The predicted octanol–water partition coefficient (Wildman–Crippen LogP) is 4.53. The highest BCUT2D eigenvalue weighted by Crippen LogP contribution is 2.18. The zero-order chi connectivity index (χ0) is 11.1. The van der Waals surface area contributed by atoms with E-state index in [1.54, 1.807) is 0 Å². The first-order valence-electron chi connectivity index (χ1n) is 5.16. The van der Waals surface area contributed by atoms with E-state index in [4.69, 9.17) is 16.3 Å². The van der Waals surface area contributed by atoms with Gasteiger partial charge in [0.05, 0.1) is 6.61 Å². The van der Waals surface area contributed by atoms with E-state index in [-0.39, 0.29) is 0 Å². The molecular weight excluding hydrogens is 275 g/mol. The van der Waals surface area contributed by atoms with Gasteiger partial charge in [-0.2, -0.15) is 0 Å². The number of hydrogen-bond donors (Lipinski definition) is 0. The van der Waals surface area contributed by atoms with Crippen LogP contribution in [0.5, 0.6) is 5.75 Å². The van der Waals surface area contributed by atoms with Gasteiger partial charge in [-0.15, -0.1) is 0 Å². The van der Waals surface area contributed by atoms with E-state index >= 15 is 0 Å². The number of ether oxygens (including phenoxy) is 1. The van der Waals surface area contributed by atoms with Crippen molar-refractivity contribution in [1.82, 2.24) is 0 Å². The van der Waals surface area contributed by atoms with Crippen LogP contribution in [-0.2, 0) is 0 Å². The quantitative estimate of drug-likeness (QED) is 0.700. The van der Waals surface area contributed by atoms with Crippen molar-refractivity contribution in [1.29, 1.82) is 0 Å². The van der Waals surface area contributed by atoms with Crippen LogP contribution in [0.4, 0.5) is 0 Å². The van der Waals surface area contributed by atoms with Crippen molar-refractivity contribution < 1.29 is 4.74 Å². The second kappa shape index (κ2) is 7.13. The fraction of sp³-hybridized carbons (Fsp3) is 0.500. The van der Waals surface area contributed by atoms with Crippen LogP contribution in [-0.4, -0.2) is 11.9 Å². The third-order valence-corrected chi connectivity index (χ3v) is 2.97. The van der Waals surface area contributed by atoms with Gasteiger partial charge in [-0.25, -0.2) is 0 Å². The Morgan fingerprint density at radius 3 is 2.87 bits per heavy atom. The van der Waals surface area contributed by atoms with E-state index < -0.39 is 0 Å². The molecule has 1 rings (SSSR count). The molecular formula is C12H16BrClO. The monoisotopic (exact) mass is 290 g/mol. The zero-order valence-electron chi connectivity index (χ0n) is 8.88. The molecule has 3 heteroatoms. The lowest BCUT2D eigenvalue weighted by Gasteiger charge is -2.10. The average Bonchev–Trinajstić information content (AvgIpc) is 2.18. The molecule has 0 aromatic heterocycles. The molecule has 84 valence electrons. The molecule has 0 fully saturated rings. The van der Waals surface area contributed by atoms with E-state index in [1.165, 1.54) is 6.42 Å². The van der Waals surface area contributed by atoms with E-state index in [2.05, 4.69) is 22.9 Å². The predicted molar refractivity (Wildman–Crippen MR) is 69.1 cm³/mol. The average molecular weight is 292 g/mol. The summed E-state index contributed by atoms with van der Waals surface area (Å²) in [6.45, 7) is 3.00. The molecule has 0 aliphatic heterocycles. The molecule has 0 saturated carbocycles. The van der Waals surface area contributed by atoms with Crippen LogP contribution in [0.3, 0.4) is 0 Å². The summed E-state index contributed by atoms with van der Waals surface area (Å²) >= 11 is 9.29. The summed E-state index contributed by atoms with van der Waals surface area (Å²) < 4.78 is 5.60. The second-order valence-electron chi connectivity index (χ2n) is 3.68. The van der Waals surface area contributed by atoms with Crippen molar-refractivity contribution in [3.63, 3.8) is 0 Å². The molecule has 1 aromatic carbocycles. The van der Waals surface area contributed by atoms with Crippen molar-refractivity contribution in [3.8, 4) is 5.75 Å². The van der Waals surface area contributed by atoms with Crippen LogP contribution in [0.2, 0.25) is 5.02 Å². The van der Waals surface area contributed by atoms with Crippen molar-refractivity contribution in [2.75, 3.05) is 11.9 Å². The van der Waals surface area contributed by atoms with Gasteiger partial charge < -0.3 is 4.74 Å². The number of halogens is 2. The van der Waals surface area contributed by atoms with Crippen molar-refractivity contribution in [2.24, 2.45) is 5.92 Å². The smallest absolute Gasteiger partial charge is 0.120 e. The Morgan fingerprint density at radius 1 is 1.40 bits per heavy atom. The number of hydrogen-bond acceptors (Lipinski definition) is 1. The first-order chi connectivity index (χ1) is 7.22. The summed E-state index contributed by atoms with van der Waals surface area (Å²) in [6, 6.07) is 7.53. The van der Waals surface area contributed by atoms with E-state index in [1.807, 2.05) is 24.3 Å². The third kappa shape index (κ3) is 5.43. The Balaban J connectivity index is 2.25. The number of rotatable bonds is 6. The van der Waals surface area contributed by atoms with Gasteiger partial charge in [0.15, 0.2) is 0 Å². The topological polar surface area (TPSA) is 9.23 Å². The Bertz CT molecular complexity index is 291. The van der Waals surface area contributed by atoms with Crippen molar-refractivity contribution in [2.45, 2.75) is 19.8 Å². The summed E-state index contributed by atoms with van der Waals surface area (Å²) in [4.78, 5) is 0. The molecule has 0 saturated heterocycles. The molecule has 0 radical (unpaired) electrons. The highest BCUT2D eigenvalue weighted by molar-refractivity contribution is 9.09. The maximum absolute atomic E-state index is 5.85. The minimum atomic E-state index is 0.698. The van der Waals surface area contributed by atoms with Crippen LogP contribution in [0.15, 0.2) is 24.3 Å². The van der Waals surface area contributed by atoms with Crippen LogP contribution in [0.1, 0.15) is 19.8 Å². The molecule has 15 heavy (non-hydrogen) atoms. The minimum absolute atomic E-state index is 0.698.